The zero-order chi connectivity index (χ0) is 22.9. The van der Waals surface area contributed by atoms with E-state index >= 15 is 0 Å². The largest absolute Gasteiger partial charge is 0.474 e. The second kappa shape index (κ2) is 9.35. The van der Waals surface area contributed by atoms with E-state index in [2.05, 4.69) is 20.3 Å². The number of hydrogen-bond donors (Lipinski definition) is 2. The van der Waals surface area contributed by atoms with Crippen molar-refractivity contribution in [1.82, 2.24) is 15.0 Å². The summed E-state index contributed by atoms with van der Waals surface area (Å²) in [5.41, 5.74) is 1.55. The molecule has 1 atom stereocenters. The lowest BCUT2D eigenvalue weighted by molar-refractivity contribution is -0.136. The number of rotatable bonds is 7. The highest BCUT2D eigenvalue weighted by Crippen LogP contribution is 2.38. The highest BCUT2D eigenvalue weighted by Gasteiger charge is 2.33. The number of aliphatic hydroxyl groups is 1. The van der Waals surface area contributed by atoms with E-state index in [1.807, 2.05) is 0 Å². The third kappa shape index (κ3) is 5.40. The third-order valence-corrected chi connectivity index (χ3v) is 6.33. The van der Waals surface area contributed by atoms with Gasteiger partial charge in [0.25, 0.3) is 0 Å². The summed E-state index contributed by atoms with van der Waals surface area (Å²) >= 11 is 0. The number of pyridine rings is 1. The predicted octanol–water partition coefficient (Wildman–Crippen LogP) is 4.35. The Morgan fingerprint density at radius 3 is 2.50 bits per heavy atom. The van der Waals surface area contributed by atoms with E-state index in [0.29, 0.717) is 29.6 Å². The minimum Gasteiger partial charge on any atom is -0.474 e. The summed E-state index contributed by atoms with van der Waals surface area (Å²) < 4.78 is 49.6. The first-order valence-corrected chi connectivity index (χ1v) is 11.1. The van der Waals surface area contributed by atoms with Gasteiger partial charge in [-0.25, -0.2) is 15.0 Å². The average Bonchev–Trinajstić information content (AvgIpc) is 2.69. The third-order valence-electron chi connectivity index (χ3n) is 6.33. The number of nitrogens with zero attached hydrogens (tertiary/aromatic N) is 3. The fraction of sp³-hybridized carbons (Fsp3) is 0.682. The standard InChI is InChI=1S/C22H29F3N4O3/c1-12(9-22(23,24)25)28-21-27-11-18-19(29-21)17(13-3-5-14(30)6-4-13)10-26-20(18)32-16-7-15(8-16)31-2/h10-16,30H,3-9H2,1-2H3,(H,27,28,29)/t12-,13-,14-,15-,16+/m0/s1. The second-order valence-electron chi connectivity index (χ2n) is 8.91. The molecule has 176 valence electrons. The molecule has 2 aromatic heterocycles. The number of fused-ring (bicyclic) bond motifs is 1. The smallest absolute Gasteiger partial charge is 0.391 e. The Morgan fingerprint density at radius 2 is 1.84 bits per heavy atom. The van der Waals surface area contributed by atoms with Crippen molar-refractivity contribution < 1.29 is 27.8 Å². The molecular weight excluding hydrogens is 425 g/mol. The lowest BCUT2D eigenvalue weighted by atomic mass is 9.83. The van der Waals surface area contributed by atoms with Crippen molar-refractivity contribution in [2.75, 3.05) is 12.4 Å². The molecule has 32 heavy (non-hydrogen) atoms. The van der Waals surface area contributed by atoms with Crippen LogP contribution >= 0.6 is 0 Å². The van der Waals surface area contributed by atoms with E-state index in [0.717, 1.165) is 31.2 Å². The van der Waals surface area contributed by atoms with Crippen molar-refractivity contribution in [3.63, 3.8) is 0 Å². The maximum atomic E-state index is 12.7. The van der Waals surface area contributed by atoms with Crippen molar-refractivity contribution in [3.05, 3.63) is 18.0 Å². The van der Waals surface area contributed by atoms with Gasteiger partial charge < -0.3 is 19.9 Å². The van der Waals surface area contributed by atoms with Gasteiger partial charge in [-0.05, 0) is 38.5 Å². The molecule has 2 fully saturated rings. The van der Waals surface area contributed by atoms with Crippen LogP contribution in [0.3, 0.4) is 0 Å². The van der Waals surface area contributed by atoms with Gasteiger partial charge in [-0.15, -0.1) is 0 Å². The first-order valence-electron chi connectivity index (χ1n) is 11.1. The molecule has 2 aliphatic rings. The van der Waals surface area contributed by atoms with Crippen LogP contribution in [-0.2, 0) is 4.74 Å². The zero-order valence-electron chi connectivity index (χ0n) is 18.2. The number of halogens is 3. The van der Waals surface area contributed by atoms with Gasteiger partial charge in [-0.2, -0.15) is 13.2 Å². The minimum absolute atomic E-state index is 0.00376. The van der Waals surface area contributed by atoms with Gasteiger partial charge in [-0.3, -0.25) is 0 Å². The maximum Gasteiger partial charge on any atom is 0.391 e. The van der Waals surface area contributed by atoms with Crippen molar-refractivity contribution in [3.8, 4) is 5.88 Å². The second-order valence-corrected chi connectivity index (χ2v) is 8.91. The first-order chi connectivity index (χ1) is 15.2. The molecule has 2 N–H and O–H groups in total. The molecule has 0 spiro atoms. The number of nitrogens with one attached hydrogen (secondary N) is 1. The number of hydrogen-bond acceptors (Lipinski definition) is 7. The van der Waals surface area contributed by atoms with Gasteiger partial charge in [0, 0.05) is 44.0 Å². The van der Waals surface area contributed by atoms with E-state index in [4.69, 9.17) is 9.47 Å². The van der Waals surface area contributed by atoms with Gasteiger partial charge in [0.15, 0.2) is 0 Å². The summed E-state index contributed by atoms with van der Waals surface area (Å²) in [6, 6.07) is -0.862. The van der Waals surface area contributed by atoms with E-state index in [-0.39, 0.29) is 30.2 Å². The Morgan fingerprint density at radius 1 is 1.12 bits per heavy atom. The molecule has 0 radical (unpaired) electrons. The van der Waals surface area contributed by atoms with Crippen LogP contribution in [0.1, 0.15) is 63.4 Å². The van der Waals surface area contributed by atoms with Crippen LogP contribution in [0.5, 0.6) is 5.88 Å². The van der Waals surface area contributed by atoms with Crippen molar-refractivity contribution in [2.45, 2.75) is 88.3 Å². The molecule has 0 unspecified atom stereocenters. The van der Waals surface area contributed by atoms with Gasteiger partial charge >= 0.3 is 6.18 Å². The molecule has 2 aliphatic carbocycles. The first kappa shape index (κ1) is 23.0. The highest BCUT2D eigenvalue weighted by atomic mass is 19.4. The van der Waals surface area contributed by atoms with Crippen molar-refractivity contribution >= 4 is 16.9 Å². The molecule has 2 aromatic rings. The SMILES string of the molecule is CO[C@H]1C[C@@H](Oc2ncc([C@H]3CC[C@H](O)CC3)c3nc(N[C@@H](C)CC(F)(F)F)ncc23)C1. The highest BCUT2D eigenvalue weighted by molar-refractivity contribution is 5.86. The quantitative estimate of drug-likeness (QED) is 0.643. The molecule has 2 saturated carbocycles. The molecule has 0 aromatic carbocycles. The van der Waals surface area contributed by atoms with Crippen LogP contribution < -0.4 is 10.1 Å². The summed E-state index contributed by atoms with van der Waals surface area (Å²) in [4.78, 5) is 13.4. The fourth-order valence-electron chi connectivity index (χ4n) is 4.45. The molecule has 2 heterocycles. The van der Waals surface area contributed by atoms with E-state index in [1.165, 1.54) is 6.92 Å². The molecule has 0 saturated heterocycles. The molecule has 0 bridgehead atoms. The summed E-state index contributed by atoms with van der Waals surface area (Å²) in [6.45, 7) is 1.45. The van der Waals surface area contributed by atoms with Crippen LogP contribution in [0.15, 0.2) is 12.4 Å². The molecule has 0 amide bonds. The summed E-state index contributed by atoms with van der Waals surface area (Å²) in [5.74, 6) is 0.736. The Balaban J connectivity index is 1.62. The average molecular weight is 454 g/mol. The van der Waals surface area contributed by atoms with E-state index in [9.17, 15) is 18.3 Å². The monoisotopic (exact) mass is 454 g/mol. The Hall–Kier alpha value is -2.20. The number of aromatic nitrogens is 3. The van der Waals surface area contributed by atoms with Gasteiger partial charge in [0.05, 0.1) is 29.5 Å². The fourth-order valence-corrected chi connectivity index (χ4v) is 4.45. The van der Waals surface area contributed by atoms with E-state index < -0.39 is 18.6 Å². The van der Waals surface area contributed by atoms with Crippen LogP contribution in [0.25, 0.3) is 10.9 Å². The number of anilines is 1. The van der Waals surface area contributed by atoms with Crippen LogP contribution in [0, 0.1) is 0 Å². The zero-order valence-corrected chi connectivity index (χ0v) is 18.2. The molecular formula is C22H29F3N4O3. The minimum atomic E-state index is -4.27. The number of methoxy groups -OCH3 is 1. The molecule has 4 rings (SSSR count). The van der Waals surface area contributed by atoms with Crippen LogP contribution in [-0.4, -0.2) is 57.7 Å². The molecule has 10 heteroatoms. The predicted molar refractivity (Wildman–Crippen MR) is 113 cm³/mol. The lowest BCUT2D eigenvalue weighted by Gasteiger charge is -2.34. The summed E-state index contributed by atoms with van der Waals surface area (Å²) in [5, 5.41) is 13.3. The topological polar surface area (TPSA) is 89.4 Å². The molecule has 7 nitrogen and oxygen atoms in total. The Bertz CT molecular complexity index is 929. The normalized spacial score (nSPS) is 27.1. The van der Waals surface area contributed by atoms with Crippen LogP contribution in [0.4, 0.5) is 19.1 Å². The summed E-state index contributed by atoms with van der Waals surface area (Å²) in [7, 11) is 1.67. The Labute approximate surface area is 184 Å². The number of alkyl halides is 3. The lowest BCUT2D eigenvalue weighted by Crippen LogP contribution is -2.39. The number of ether oxygens (including phenoxy) is 2. The van der Waals surface area contributed by atoms with E-state index in [1.54, 1.807) is 19.5 Å². The summed E-state index contributed by atoms with van der Waals surface area (Å²) in [6.07, 6.45) is 2.50. The van der Waals surface area contributed by atoms with Gasteiger partial charge in [-0.1, -0.05) is 0 Å². The molecule has 0 aliphatic heterocycles. The van der Waals surface area contributed by atoms with Crippen molar-refractivity contribution in [1.29, 1.82) is 0 Å². The van der Waals surface area contributed by atoms with Crippen LogP contribution in [0.2, 0.25) is 0 Å². The Kier molecular flexibility index (Phi) is 6.71. The number of aliphatic hydroxyl groups excluding tert-OH is 1. The maximum absolute atomic E-state index is 12.7. The van der Waals surface area contributed by atoms with Crippen molar-refractivity contribution in [2.24, 2.45) is 0 Å². The van der Waals surface area contributed by atoms with Gasteiger partial charge in [0.1, 0.15) is 6.10 Å². The van der Waals surface area contributed by atoms with Gasteiger partial charge in [0.2, 0.25) is 11.8 Å².